The van der Waals surface area contributed by atoms with E-state index in [9.17, 15) is 4.79 Å². The van der Waals surface area contributed by atoms with Gasteiger partial charge in [-0.2, -0.15) is 0 Å². The predicted molar refractivity (Wildman–Crippen MR) is 71.8 cm³/mol. The summed E-state index contributed by atoms with van der Waals surface area (Å²) in [7, 11) is 0. The molecule has 0 unspecified atom stereocenters. The van der Waals surface area contributed by atoms with E-state index < -0.39 is 0 Å². The average molecular weight is 384 g/mol. The summed E-state index contributed by atoms with van der Waals surface area (Å²) in [5.74, 6) is -0.381. The highest BCUT2D eigenvalue weighted by Gasteiger charge is 2.18. The van der Waals surface area contributed by atoms with Gasteiger partial charge in [-0.05, 0) is 64.5 Å². The van der Waals surface area contributed by atoms with E-state index in [-0.39, 0.29) is 12.1 Å². The maximum Gasteiger partial charge on any atom is 0.341 e. The number of esters is 1. The fourth-order valence-electron chi connectivity index (χ4n) is 1.05. The standard InChI is InChI=1S/C10H11BrINO2/c1-5(2)15-10(14)8-7(12)4-3-6(11)9(8)13/h3-5H,13H2,1-2H3. The lowest BCUT2D eigenvalue weighted by molar-refractivity contribution is 0.0378. The van der Waals surface area contributed by atoms with Crippen LogP contribution >= 0.6 is 38.5 Å². The number of benzene rings is 1. The molecule has 0 heterocycles. The van der Waals surface area contributed by atoms with Gasteiger partial charge in [0, 0.05) is 8.04 Å². The lowest BCUT2D eigenvalue weighted by Crippen LogP contribution is -2.15. The van der Waals surface area contributed by atoms with E-state index in [2.05, 4.69) is 38.5 Å². The van der Waals surface area contributed by atoms with Crippen LogP contribution in [0.5, 0.6) is 0 Å². The maximum atomic E-state index is 11.7. The Bertz CT molecular complexity index is 393. The Hall–Kier alpha value is -0.300. The topological polar surface area (TPSA) is 52.3 Å². The van der Waals surface area contributed by atoms with E-state index in [0.717, 1.165) is 3.57 Å². The van der Waals surface area contributed by atoms with E-state index in [0.29, 0.717) is 15.7 Å². The summed E-state index contributed by atoms with van der Waals surface area (Å²) in [6.07, 6.45) is -0.147. The largest absolute Gasteiger partial charge is 0.459 e. The Morgan fingerprint density at radius 3 is 2.67 bits per heavy atom. The van der Waals surface area contributed by atoms with Crippen LogP contribution in [-0.2, 0) is 4.74 Å². The first kappa shape index (κ1) is 12.8. The van der Waals surface area contributed by atoms with Gasteiger partial charge in [0.25, 0.3) is 0 Å². The highest BCUT2D eigenvalue weighted by Crippen LogP contribution is 2.28. The molecule has 1 rings (SSSR count). The van der Waals surface area contributed by atoms with Crippen molar-refractivity contribution < 1.29 is 9.53 Å². The molecule has 5 heteroatoms. The molecule has 0 radical (unpaired) electrons. The lowest BCUT2D eigenvalue weighted by Gasteiger charge is -2.12. The van der Waals surface area contributed by atoms with Gasteiger partial charge in [0.2, 0.25) is 0 Å². The summed E-state index contributed by atoms with van der Waals surface area (Å²) in [5.41, 5.74) is 6.66. The van der Waals surface area contributed by atoms with Gasteiger partial charge in [0.1, 0.15) is 0 Å². The number of rotatable bonds is 2. The monoisotopic (exact) mass is 383 g/mol. The summed E-state index contributed by atoms with van der Waals surface area (Å²) in [6.45, 7) is 3.61. The van der Waals surface area contributed by atoms with Gasteiger partial charge in [0.05, 0.1) is 17.4 Å². The zero-order valence-electron chi connectivity index (χ0n) is 8.38. The highest BCUT2D eigenvalue weighted by molar-refractivity contribution is 14.1. The van der Waals surface area contributed by atoms with Crippen LogP contribution in [0, 0.1) is 3.57 Å². The molecular formula is C10H11BrINO2. The average Bonchev–Trinajstić information content (AvgIpc) is 2.11. The molecule has 0 saturated heterocycles. The minimum Gasteiger partial charge on any atom is -0.459 e. The van der Waals surface area contributed by atoms with E-state index in [1.165, 1.54) is 0 Å². The molecule has 0 saturated carbocycles. The summed E-state index contributed by atoms with van der Waals surface area (Å²) in [5, 5.41) is 0. The van der Waals surface area contributed by atoms with Gasteiger partial charge in [0.15, 0.2) is 0 Å². The second kappa shape index (κ2) is 5.16. The molecule has 0 spiro atoms. The number of hydrogen-bond acceptors (Lipinski definition) is 3. The number of nitrogen functional groups attached to an aromatic ring is 1. The highest BCUT2D eigenvalue weighted by atomic mass is 127. The molecule has 0 amide bonds. The Labute approximate surface area is 111 Å². The van der Waals surface area contributed by atoms with Crippen molar-refractivity contribution >= 4 is 50.2 Å². The molecule has 1 aromatic rings. The van der Waals surface area contributed by atoms with Crippen molar-refractivity contribution in [1.29, 1.82) is 0 Å². The van der Waals surface area contributed by atoms with Crippen molar-refractivity contribution in [2.75, 3.05) is 5.73 Å². The van der Waals surface area contributed by atoms with Crippen molar-refractivity contribution in [1.82, 2.24) is 0 Å². The summed E-state index contributed by atoms with van der Waals surface area (Å²) >= 11 is 5.34. The van der Waals surface area contributed by atoms with E-state index in [1.54, 1.807) is 13.8 Å². The normalized spacial score (nSPS) is 10.5. The third kappa shape index (κ3) is 3.07. The first-order valence-electron chi connectivity index (χ1n) is 4.38. The zero-order valence-corrected chi connectivity index (χ0v) is 12.1. The van der Waals surface area contributed by atoms with Crippen LogP contribution in [-0.4, -0.2) is 12.1 Å². The first-order chi connectivity index (χ1) is 6.93. The number of halogens is 2. The van der Waals surface area contributed by atoms with Gasteiger partial charge < -0.3 is 10.5 Å². The van der Waals surface area contributed by atoms with Crippen LogP contribution in [0.25, 0.3) is 0 Å². The molecule has 0 aliphatic rings. The van der Waals surface area contributed by atoms with Crippen LogP contribution in [0.3, 0.4) is 0 Å². The number of anilines is 1. The number of carbonyl (C=O) groups is 1. The maximum absolute atomic E-state index is 11.7. The van der Waals surface area contributed by atoms with Gasteiger partial charge >= 0.3 is 5.97 Å². The molecule has 2 N–H and O–H groups in total. The summed E-state index contributed by atoms with van der Waals surface area (Å²) in [4.78, 5) is 11.7. The number of carbonyl (C=O) groups excluding carboxylic acids is 1. The number of nitrogens with two attached hydrogens (primary N) is 1. The van der Waals surface area contributed by atoms with Crippen molar-refractivity contribution in [2.24, 2.45) is 0 Å². The van der Waals surface area contributed by atoms with Gasteiger partial charge in [-0.15, -0.1) is 0 Å². The van der Waals surface area contributed by atoms with E-state index >= 15 is 0 Å². The molecule has 0 fully saturated rings. The molecule has 0 bridgehead atoms. The van der Waals surface area contributed by atoms with Crippen molar-refractivity contribution in [3.05, 3.63) is 25.7 Å². The smallest absolute Gasteiger partial charge is 0.341 e. The van der Waals surface area contributed by atoms with Crippen LogP contribution in [0.1, 0.15) is 24.2 Å². The first-order valence-corrected chi connectivity index (χ1v) is 6.25. The van der Waals surface area contributed by atoms with Gasteiger partial charge in [-0.3, -0.25) is 0 Å². The number of hydrogen-bond donors (Lipinski definition) is 1. The molecule has 82 valence electrons. The Balaban J connectivity index is 3.13. The quantitative estimate of drug-likeness (QED) is 0.484. The van der Waals surface area contributed by atoms with E-state index in [1.807, 2.05) is 12.1 Å². The van der Waals surface area contributed by atoms with Crippen LogP contribution < -0.4 is 5.73 Å². The predicted octanol–water partition coefficient (Wildman–Crippen LogP) is 3.20. The molecule has 0 atom stereocenters. The van der Waals surface area contributed by atoms with Crippen molar-refractivity contribution in [3.8, 4) is 0 Å². The third-order valence-corrected chi connectivity index (χ3v) is 3.28. The summed E-state index contributed by atoms with van der Waals surface area (Å²) < 4.78 is 6.61. The second-order valence-corrected chi connectivity index (χ2v) is 5.29. The van der Waals surface area contributed by atoms with Crippen molar-refractivity contribution in [2.45, 2.75) is 20.0 Å². The Morgan fingerprint density at radius 2 is 2.13 bits per heavy atom. The minimum atomic E-state index is -0.381. The lowest BCUT2D eigenvalue weighted by atomic mass is 10.2. The minimum absolute atomic E-state index is 0.147. The molecule has 0 aliphatic heterocycles. The Morgan fingerprint density at radius 1 is 1.53 bits per heavy atom. The van der Waals surface area contributed by atoms with E-state index in [4.69, 9.17) is 10.5 Å². The Kier molecular flexibility index (Phi) is 4.39. The molecule has 1 aromatic carbocycles. The number of ether oxygens (including phenoxy) is 1. The third-order valence-electron chi connectivity index (χ3n) is 1.69. The van der Waals surface area contributed by atoms with Crippen molar-refractivity contribution in [3.63, 3.8) is 0 Å². The van der Waals surface area contributed by atoms with Crippen LogP contribution in [0.2, 0.25) is 0 Å². The fourth-order valence-corrected chi connectivity index (χ4v) is 2.07. The molecule has 3 nitrogen and oxygen atoms in total. The van der Waals surface area contributed by atoms with Crippen LogP contribution in [0.4, 0.5) is 5.69 Å². The molecule has 0 aliphatic carbocycles. The fraction of sp³-hybridized carbons (Fsp3) is 0.300. The molecular weight excluding hydrogens is 373 g/mol. The molecule has 0 aromatic heterocycles. The zero-order chi connectivity index (χ0) is 11.6. The van der Waals surface area contributed by atoms with Gasteiger partial charge in [-0.1, -0.05) is 0 Å². The SMILES string of the molecule is CC(C)OC(=O)c1c(I)ccc(Br)c1N. The second-order valence-electron chi connectivity index (χ2n) is 3.27. The summed E-state index contributed by atoms with van der Waals surface area (Å²) in [6, 6.07) is 3.63. The van der Waals surface area contributed by atoms with Crippen LogP contribution in [0.15, 0.2) is 16.6 Å². The molecule has 15 heavy (non-hydrogen) atoms. The van der Waals surface area contributed by atoms with Gasteiger partial charge in [-0.25, -0.2) is 4.79 Å².